The van der Waals surface area contributed by atoms with Gasteiger partial charge in [-0.15, -0.1) is 0 Å². The van der Waals surface area contributed by atoms with Crippen molar-refractivity contribution in [3.05, 3.63) is 93.7 Å². The van der Waals surface area contributed by atoms with Gasteiger partial charge < -0.3 is 4.90 Å². The Labute approximate surface area is 208 Å². The number of amides is 1. The molecule has 0 aliphatic carbocycles. The maximum absolute atomic E-state index is 14.0. The van der Waals surface area contributed by atoms with Gasteiger partial charge in [0.15, 0.2) is 0 Å². The van der Waals surface area contributed by atoms with Gasteiger partial charge in [-0.1, -0.05) is 65.7 Å². The third-order valence-corrected chi connectivity index (χ3v) is 8.07. The van der Waals surface area contributed by atoms with Crippen LogP contribution in [0.3, 0.4) is 0 Å². The Kier molecular flexibility index (Phi) is 7.45. The molecule has 9 heteroatoms. The molecule has 3 aromatic rings. The minimum atomic E-state index is -4.26. The van der Waals surface area contributed by atoms with Crippen LogP contribution in [0.1, 0.15) is 28.8 Å². The Hall–Kier alpha value is -2.61. The second kappa shape index (κ2) is 10.3. The zero-order chi connectivity index (χ0) is 24.3. The number of anilines is 1. The van der Waals surface area contributed by atoms with E-state index in [1.807, 2.05) is 18.2 Å². The van der Waals surface area contributed by atoms with Crippen LogP contribution in [0.5, 0.6) is 0 Å². The van der Waals surface area contributed by atoms with E-state index in [0.717, 1.165) is 31.4 Å². The average molecular weight is 521 g/mol. The molecule has 1 aliphatic rings. The van der Waals surface area contributed by atoms with Crippen LogP contribution in [0.25, 0.3) is 0 Å². The van der Waals surface area contributed by atoms with Crippen molar-refractivity contribution in [3.63, 3.8) is 0 Å². The Morgan fingerprint density at radius 1 is 0.971 bits per heavy atom. The molecule has 1 fully saturated rings. The number of nitrogens with zero attached hydrogens (tertiary/aromatic N) is 1. The van der Waals surface area contributed by atoms with Crippen LogP contribution in [-0.4, -0.2) is 32.3 Å². The molecule has 0 atom stereocenters. The number of para-hydroxylation sites is 1. The number of sulfonamides is 1. The molecule has 0 bridgehead atoms. The summed E-state index contributed by atoms with van der Waals surface area (Å²) in [5.74, 6) is -0.624. The van der Waals surface area contributed by atoms with Gasteiger partial charge in [-0.25, -0.2) is 12.8 Å². The molecule has 178 valence electrons. The van der Waals surface area contributed by atoms with Crippen molar-refractivity contribution in [2.75, 3.05) is 17.8 Å². The Morgan fingerprint density at radius 3 is 2.29 bits per heavy atom. The van der Waals surface area contributed by atoms with Gasteiger partial charge >= 0.3 is 0 Å². The number of hydrogen-bond donors (Lipinski definition) is 1. The lowest BCUT2D eigenvalue weighted by Crippen LogP contribution is -2.39. The van der Waals surface area contributed by atoms with Crippen LogP contribution in [0.15, 0.2) is 71.6 Å². The lowest BCUT2D eigenvalue weighted by atomic mass is 9.90. The molecule has 1 saturated heterocycles. The van der Waals surface area contributed by atoms with Crippen LogP contribution < -0.4 is 4.72 Å². The summed E-state index contributed by atoms with van der Waals surface area (Å²) >= 11 is 12.4. The standard InChI is InChI=1S/C25H23Cl2FN2O3S/c26-20-16-21(27)24(34(32,33)29-23-9-5-4-8-22(23)28)15-19(20)25(31)30-12-10-18(11-13-30)14-17-6-2-1-3-7-17/h1-9,15-16,18,29H,10-14H2. The van der Waals surface area contributed by atoms with E-state index in [9.17, 15) is 17.6 Å². The maximum atomic E-state index is 14.0. The zero-order valence-electron chi connectivity index (χ0n) is 18.2. The monoisotopic (exact) mass is 520 g/mol. The number of piperidine rings is 1. The second-order valence-electron chi connectivity index (χ2n) is 8.27. The summed E-state index contributed by atoms with van der Waals surface area (Å²) in [6.07, 6.45) is 2.63. The number of hydrogen-bond acceptors (Lipinski definition) is 3. The number of benzene rings is 3. The number of carbonyl (C=O) groups excluding carboxylic acids is 1. The van der Waals surface area contributed by atoms with Crippen molar-refractivity contribution in [1.29, 1.82) is 0 Å². The number of likely N-dealkylation sites (tertiary alicyclic amines) is 1. The van der Waals surface area contributed by atoms with Gasteiger partial charge in [0.05, 0.1) is 21.3 Å². The number of halogens is 3. The predicted octanol–water partition coefficient (Wildman–Crippen LogP) is 6.03. The smallest absolute Gasteiger partial charge is 0.263 e. The summed E-state index contributed by atoms with van der Waals surface area (Å²) in [6, 6.07) is 18.0. The third-order valence-electron chi connectivity index (χ3n) is 5.93. The highest BCUT2D eigenvalue weighted by Gasteiger charge is 2.28. The molecule has 0 radical (unpaired) electrons. The van der Waals surface area contributed by atoms with Crippen molar-refractivity contribution in [3.8, 4) is 0 Å². The van der Waals surface area contributed by atoms with Gasteiger partial charge in [-0.05, 0) is 55.0 Å². The van der Waals surface area contributed by atoms with Crippen molar-refractivity contribution < 1.29 is 17.6 Å². The lowest BCUT2D eigenvalue weighted by Gasteiger charge is -2.32. The summed E-state index contributed by atoms with van der Waals surface area (Å²) in [5.41, 5.74) is 1.09. The van der Waals surface area contributed by atoms with Crippen molar-refractivity contribution in [2.45, 2.75) is 24.2 Å². The SMILES string of the molecule is O=C(c1cc(S(=O)(=O)Nc2ccccc2F)c(Cl)cc1Cl)N1CCC(Cc2ccccc2)CC1. The fourth-order valence-electron chi connectivity index (χ4n) is 4.10. The fraction of sp³-hybridized carbons (Fsp3) is 0.240. The highest BCUT2D eigenvalue weighted by molar-refractivity contribution is 7.92. The average Bonchev–Trinajstić information content (AvgIpc) is 2.81. The number of carbonyl (C=O) groups is 1. The summed E-state index contributed by atoms with van der Waals surface area (Å²) < 4.78 is 42.0. The quantitative estimate of drug-likeness (QED) is 0.431. The van der Waals surface area contributed by atoms with Crippen LogP contribution in [0, 0.1) is 11.7 Å². The van der Waals surface area contributed by atoms with Gasteiger partial charge in [0.1, 0.15) is 10.7 Å². The van der Waals surface area contributed by atoms with E-state index in [1.165, 1.54) is 29.8 Å². The molecule has 1 N–H and O–H groups in total. The summed E-state index contributed by atoms with van der Waals surface area (Å²) in [7, 11) is -4.26. The Bertz CT molecular complexity index is 1290. The summed E-state index contributed by atoms with van der Waals surface area (Å²) in [5, 5.41) is -0.0989. The van der Waals surface area contributed by atoms with Crippen LogP contribution in [0.2, 0.25) is 10.0 Å². The van der Waals surface area contributed by atoms with Gasteiger partial charge in [-0.3, -0.25) is 9.52 Å². The normalized spacial score (nSPS) is 14.7. The minimum Gasteiger partial charge on any atom is -0.339 e. The molecule has 4 rings (SSSR count). The molecule has 0 saturated carbocycles. The highest BCUT2D eigenvalue weighted by atomic mass is 35.5. The molecular weight excluding hydrogens is 498 g/mol. The molecule has 0 unspecified atom stereocenters. The fourth-order valence-corrected chi connectivity index (χ4v) is 6.02. The van der Waals surface area contributed by atoms with E-state index in [-0.39, 0.29) is 32.1 Å². The van der Waals surface area contributed by atoms with Crippen LogP contribution >= 0.6 is 23.2 Å². The zero-order valence-corrected chi connectivity index (χ0v) is 20.5. The van der Waals surface area contributed by atoms with Crippen LogP contribution in [0.4, 0.5) is 10.1 Å². The first-order chi connectivity index (χ1) is 16.2. The van der Waals surface area contributed by atoms with Gasteiger partial charge in [0.25, 0.3) is 15.9 Å². The largest absolute Gasteiger partial charge is 0.339 e. The molecular formula is C25H23Cl2FN2O3S. The first-order valence-electron chi connectivity index (χ1n) is 10.8. The van der Waals surface area contributed by atoms with E-state index in [4.69, 9.17) is 23.2 Å². The maximum Gasteiger partial charge on any atom is 0.263 e. The number of rotatable bonds is 6. The molecule has 1 amide bonds. The van der Waals surface area contributed by atoms with Crippen molar-refractivity contribution >= 4 is 44.8 Å². The molecule has 0 spiro atoms. The van der Waals surface area contributed by atoms with Gasteiger partial charge in [0, 0.05) is 13.1 Å². The Morgan fingerprint density at radius 2 is 1.62 bits per heavy atom. The molecule has 3 aromatic carbocycles. The van der Waals surface area contributed by atoms with Crippen molar-refractivity contribution in [2.24, 2.45) is 5.92 Å². The molecule has 1 heterocycles. The van der Waals surface area contributed by atoms with Gasteiger partial charge in [-0.2, -0.15) is 0 Å². The molecule has 0 aromatic heterocycles. The number of nitrogens with one attached hydrogen (secondary N) is 1. The summed E-state index contributed by atoms with van der Waals surface area (Å²) in [6.45, 7) is 1.09. The van der Waals surface area contributed by atoms with Gasteiger partial charge in [0.2, 0.25) is 0 Å². The highest BCUT2D eigenvalue weighted by Crippen LogP contribution is 2.32. The molecule has 1 aliphatic heterocycles. The van der Waals surface area contributed by atoms with E-state index < -0.39 is 15.8 Å². The Balaban J connectivity index is 1.50. The minimum absolute atomic E-state index is 0.0430. The first-order valence-corrected chi connectivity index (χ1v) is 13.1. The predicted molar refractivity (Wildman–Crippen MR) is 132 cm³/mol. The second-order valence-corrected chi connectivity index (χ2v) is 10.7. The van der Waals surface area contributed by atoms with E-state index in [2.05, 4.69) is 16.9 Å². The van der Waals surface area contributed by atoms with Crippen LogP contribution in [-0.2, 0) is 16.4 Å². The summed E-state index contributed by atoms with van der Waals surface area (Å²) in [4.78, 5) is 14.5. The van der Waals surface area contributed by atoms with E-state index in [1.54, 1.807) is 4.90 Å². The molecule has 5 nitrogen and oxygen atoms in total. The topological polar surface area (TPSA) is 66.5 Å². The van der Waals surface area contributed by atoms with E-state index in [0.29, 0.717) is 19.0 Å². The lowest BCUT2D eigenvalue weighted by molar-refractivity contribution is 0.0690. The first kappa shape index (κ1) is 24.5. The third kappa shape index (κ3) is 5.54. The van der Waals surface area contributed by atoms with Crippen molar-refractivity contribution in [1.82, 2.24) is 4.90 Å². The molecule has 34 heavy (non-hydrogen) atoms. The van der Waals surface area contributed by atoms with E-state index >= 15 is 0 Å².